The van der Waals surface area contributed by atoms with Crippen LogP contribution in [0.2, 0.25) is 0 Å². The number of fused-ring (bicyclic) bond motifs is 1. The molecule has 0 aromatic heterocycles. The smallest absolute Gasteiger partial charge is 0.315 e. The summed E-state index contributed by atoms with van der Waals surface area (Å²) in [6.07, 6.45) is 3.15. The Labute approximate surface area is 249 Å². The molecule has 1 aliphatic heterocycles. The van der Waals surface area contributed by atoms with E-state index in [9.17, 15) is 14.4 Å². The van der Waals surface area contributed by atoms with Gasteiger partial charge in [-0.1, -0.05) is 55.5 Å². The molecule has 1 atom stereocenters. The lowest BCUT2D eigenvalue weighted by Gasteiger charge is -2.26. The zero-order valence-electron chi connectivity index (χ0n) is 23.3. The van der Waals surface area contributed by atoms with Crippen molar-refractivity contribution in [3.63, 3.8) is 0 Å². The number of anilines is 1. The number of urea groups is 1. The highest BCUT2D eigenvalue weighted by Gasteiger charge is 2.32. The molecule has 1 heterocycles. The Morgan fingerprint density at radius 3 is 2.59 bits per heavy atom. The predicted molar refractivity (Wildman–Crippen MR) is 166 cm³/mol. The Morgan fingerprint density at radius 2 is 1.85 bits per heavy atom. The topological polar surface area (TPSA) is 111 Å². The number of carbonyl (C=O) groups is 3. The molecule has 0 bridgehead atoms. The number of hydrogen-bond acceptors (Lipinski definition) is 6. The Kier molecular flexibility index (Phi) is 11.1. The van der Waals surface area contributed by atoms with Crippen LogP contribution in [-0.4, -0.2) is 54.2 Å². The summed E-state index contributed by atoms with van der Waals surface area (Å²) in [5.74, 6) is 0.264. The van der Waals surface area contributed by atoms with Crippen molar-refractivity contribution in [3.8, 4) is 11.1 Å². The summed E-state index contributed by atoms with van der Waals surface area (Å²) in [5.41, 5.74) is 4.77. The van der Waals surface area contributed by atoms with Crippen LogP contribution >= 0.6 is 23.5 Å². The van der Waals surface area contributed by atoms with Gasteiger partial charge in [0.1, 0.15) is 6.04 Å². The van der Waals surface area contributed by atoms with Crippen LogP contribution in [0.3, 0.4) is 0 Å². The van der Waals surface area contributed by atoms with Gasteiger partial charge in [-0.25, -0.2) is 4.79 Å². The Balaban J connectivity index is 1.55. The molecule has 0 spiro atoms. The van der Waals surface area contributed by atoms with Gasteiger partial charge in [-0.3, -0.25) is 9.59 Å². The number of carbonyl (C=O) groups excluding carboxylic acids is 3. The molecule has 0 saturated heterocycles. The zero-order chi connectivity index (χ0) is 29.2. The summed E-state index contributed by atoms with van der Waals surface area (Å²) >= 11 is 3.26. The second kappa shape index (κ2) is 15.0. The van der Waals surface area contributed by atoms with Crippen LogP contribution in [-0.2, 0) is 22.7 Å². The lowest BCUT2D eigenvalue weighted by Crippen LogP contribution is -2.49. The summed E-state index contributed by atoms with van der Waals surface area (Å²) in [5, 5.41) is 17.3. The number of benzene rings is 3. The molecule has 8 nitrogen and oxygen atoms in total. The maximum atomic E-state index is 13.8. The molecule has 216 valence electrons. The van der Waals surface area contributed by atoms with Gasteiger partial charge in [0.05, 0.1) is 18.8 Å². The van der Waals surface area contributed by atoms with E-state index in [1.165, 1.54) is 0 Å². The van der Waals surface area contributed by atoms with Crippen molar-refractivity contribution in [3.05, 3.63) is 77.9 Å². The third kappa shape index (κ3) is 8.06. The number of hydrogen-bond donors (Lipinski definition) is 4. The molecule has 4 rings (SSSR count). The number of thioether (sulfide) groups is 2. The molecule has 0 saturated carbocycles. The lowest BCUT2D eigenvalue weighted by atomic mass is 9.98. The van der Waals surface area contributed by atoms with Crippen LogP contribution < -0.4 is 20.9 Å². The SMILES string of the molecule is CCCC(=O)N[C@@H]1CSc2cc(SC)ccc2N(Cc2ccc(-c3ccccc3CNC(=O)NCCO)cc2)C1=O. The highest BCUT2D eigenvalue weighted by Crippen LogP contribution is 2.38. The molecule has 0 unspecified atom stereocenters. The predicted octanol–water partition coefficient (Wildman–Crippen LogP) is 4.79. The van der Waals surface area contributed by atoms with Crippen molar-refractivity contribution in [2.45, 2.75) is 48.7 Å². The number of nitrogens with one attached hydrogen (secondary N) is 3. The quantitative estimate of drug-likeness (QED) is 0.238. The number of amides is 4. The molecule has 0 aliphatic carbocycles. The molecule has 1 aliphatic rings. The zero-order valence-corrected chi connectivity index (χ0v) is 24.9. The van der Waals surface area contributed by atoms with E-state index in [1.54, 1.807) is 28.4 Å². The highest BCUT2D eigenvalue weighted by atomic mass is 32.2. The number of aliphatic hydroxyl groups is 1. The Hall–Kier alpha value is -3.47. The van der Waals surface area contributed by atoms with E-state index in [0.29, 0.717) is 25.3 Å². The van der Waals surface area contributed by atoms with Crippen molar-refractivity contribution in [1.82, 2.24) is 16.0 Å². The fraction of sp³-hybridized carbons (Fsp3) is 0.323. The van der Waals surface area contributed by atoms with E-state index < -0.39 is 6.04 Å². The molecule has 0 fully saturated rings. The molecule has 3 aromatic rings. The van der Waals surface area contributed by atoms with Crippen LogP contribution in [0.25, 0.3) is 11.1 Å². The Bertz CT molecular complexity index is 1370. The van der Waals surface area contributed by atoms with E-state index in [1.807, 2.05) is 73.8 Å². The minimum absolute atomic E-state index is 0.106. The highest BCUT2D eigenvalue weighted by molar-refractivity contribution is 8.00. The van der Waals surface area contributed by atoms with Gasteiger partial charge >= 0.3 is 6.03 Å². The van der Waals surface area contributed by atoms with Gasteiger partial charge in [-0.15, -0.1) is 23.5 Å². The standard InChI is InChI=1S/C31H36N4O4S2/c1-3-6-29(37)34-26-20-41-28-17-24(40-2)13-14-27(28)35(30(26)38)19-21-9-11-22(12-10-21)25-8-5-4-7-23(25)18-33-31(39)32-15-16-36/h4-5,7-14,17,26,36H,3,6,15-16,18-20H2,1-2H3,(H,34,37)(H2,32,33,39)/t26-/m1/s1. The van der Waals surface area contributed by atoms with E-state index in [2.05, 4.69) is 22.0 Å². The fourth-order valence-electron chi connectivity index (χ4n) is 4.61. The fourth-order valence-corrected chi connectivity index (χ4v) is 6.23. The van der Waals surface area contributed by atoms with Gasteiger partial charge in [0.15, 0.2) is 0 Å². The first-order valence-electron chi connectivity index (χ1n) is 13.6. The van der Waals surface area contributed by atoms with Crippen LogP contribution in [0.5, 0.6) is 0 Å². The van der Waals surface area contributed by atoms with Gasteiger partial charge in [0.2, 0.25) is 5.91 Å². The average Bonchev–Trinajstić information content (AvgIpc) is 3.11. The first-order chi connectivity index (χ1) is 19.9. The monoisotopic (exact) mass is 592 g/mol. The number of rotatable bonds is 11. The van der Waals surface area contributed by atoms with E-state index in [4.69, 9.17) is 5.11 Å². The van der Waals surface area contributed by atoms with Crippen molar-refractivity contribution in [2.75, 3.05) is 30.1 Å². The number of nitrogens with zero attached hydrogens (tertiary/aromatic N) is 1. The molecule has 41 heavy (non-hydrogen) atoms. The first-order valence-corrected chi connectivity index (χ1v) is 15.9. The maximum absolute atomic E-state index is 13.8. The minimum atomic E-state index is -0.600. The van der Waals surface area contributed by atoms with Crippen molar-refractivity contribution in [1.29, 1.82) is 0 Å². The second-order valence-corrected chi connectivity index (χ2v) is 11.6. The summed E-state index contributed by atoms with van der Waals surface area (Å²) in [6, 6.07) is 21.1. The maximum Gasteiger partial charge on any atom is 0.315 e. The minimum Gasteiger partial charge on any atom is -0.395 e. The van der Waals surface area contributed by atoms with Crippen LogP contribution in [0.1, 0.15) is 30.9 Å². The molecule has 4 amide bonds. The van der Waals surface area contributed by atoms with Crippen molar-refractivity contribution >= 4 is 47.1 Å². The van der Waals surface area contributed by atoms with Crippen LogP contribution in [0, 0.1) is 0 Å². The summed E-state index contributed by atoms with van der Waals surface area (Å²) in [6.45, 7) is 2.75. The van der Waals surface area contributed by atoms with Gasteiger partial charge in [-0.05, 0) is 53.1 Å². The molecular formula is C31H36N4O4S2. The normalized spacial score (nSPS) is 14.7. The van der Waals surface area contributed by atoms with E-state index >= 15 is 0 Å². The largest absolute Gasteiger partial charge is 0.395 e. The molecular weight excluding hydrogens is 556 g/mol. The molecule has 10 heteroatoms. The van der Waals surface area contributed by atoms with E-state index in [-0.39, 0.29) is 31.0 Å². The van der Waals surface area contributed by atoms with Gasteiger partial charge in [0.25, 0.3) is 5.91 Å². The molecule has 4 N–H and O–H groups in total. The van der Waals surface area contributed by atoms with Crippen LogP contribution in [0.4, 0.5) is 10.5 Å². The third-order valence-corrected chi connectivity index (χ3v) is 8.56. The van der Waals surface area contributed by atoms with Gasteiger partial charge < -0.3 is 26.0 Å². The summed E-state index contributed by atoms with van der Waals surface area (Å²) < 4.78 is 0. The average molecular weight is 593 g/mol. The van der Waals surface area contributed by atoms with E-state index in [0.717, 1.165) is 44.2 Å². The number of aliphatic hydroxyl groups excluding tert-OH is 1. The molecule has 0 radical (unpaired) electrons. The summed E-state index contributed by atoms with van der Waals surface area (Å²) in [7, 11) is 0. The van der Waals surface area contributed by atoms with Crippen LogP contribution in [0.15, 0.2) is 76.5 Å². The summed E-state index contributed by atoms with van der Waals surface area (Å²) in [4.78, 5) is 42.1. The first kappa shape index (κ1) is 30.5. The second-order valence-electron chi connectivity index (χ2n) is 9.63. The van der Waals surface area contributed by atoms with Crippen molar-refractivity contribution in [2.24, 2.45) is 0 Å². The lowest BCUT2D eigenvalue weighted by molar-refractivity contribution is -0.127. The third-order valence-electron chi connectivity index (χ3n) is 6.70. The molecule has 3 aromatic carbocycles. The van der Waals surface area contributed by atoms with Gasteiger partial charge in [0, 0.05) is 35.1 Å². The Morgan fingerprint density at radius 1 is 1.07 bits per heavy atom. The van der Waals surface area contributed by atoms with Crippen molar-refractivity contribution < 1.29 is 19.5 Å². The van der Waals surface area contributed by atoms with Gasteiger partial charge in [-0.2, -0.15) is 0 Å².